The smallest absolute Gasteiger partial charge is 0.323 e. The first-order valence-electron chi connectivity index (χ1n) is 6.28. The van der Waals surface area contributed by atoms with Crippen LogP contribution in [-0.2, 0) is 4.79 Å². The zero-order chi connectivity index (χ0) is 12.7. The van der Waals surface area contributed by atoms with Crippen molar-refractivity contribution in [1.82, 2.24) is 5.32 Å². The Morgan fingerprint density at radius 2 is 2.06 bits per heavy atom. The Bertz CT molecular complexity index is 246. The van der Waals surface area contributed by atoms with Crippen molar-refractivity contribution < 1.29 is 15.0 Å². The molecule has 0 aromatic heterocycles. The molecule has 0 spiro atoms. The highest BCUT2D eigenvalue weighted by atomic mass is 32.2. The van der Waals surface area contributed by atoms with E-state index in [2.05, 4.69) is 5.32 Å². The zero-order valence-electron chi connectivity index (χ0n) is 10.4. The molecule has 1 saturated carbocycles. The van der Waals surface area contributed by atoms with Crippen LogP contribution >= 0.6 is 11.8 Å². The summed E-state index contributed by atoms with van der Waals surface area (Å²) in [5.41, 5.74) is -0.765. The maximum Gasteiger partial charge on any atom is 0.323 e. The van der Waals surface area contributed by atoms with Gasteiger partial charge in [-0.15, -0.1) is 0 Å². The number of carbonyl (C=O) groups is 1. The van der Waals surface area contributed by atoms with E-state index in [9.17, 15) is 9.90 Å². The molecule has 1 aliphatic carbocycles. The number of hydrogen-bond acceptors (Lipinski definition) is 4. The minimum absolute atomic E-state index is 0.239. The Balaban J connectivity index is 2.17. The predicted molar refractivity (Wildman–Crippen MR) is 70.5 cm³/mol. The second kappa shape index (κ2) is 7.24. The molecule has 0 aromatic carbocycles. The molecule has 1 aliphatic rings. The molecule has 0 bridgehead atoms. The van der Waals surface area contributed by atoms with Crippen molar-refractivity contribution in [2.75, 3.05) is 18.1 Å². The second-order valence-electron chi connectivity index (χ2n) is 4.85. The van der Waals surface area contributed by atoms with Crippen molar-refractivity contribution in [2.45, 2.75) is 50.6 Å². The monoisotopic (exact) mass is 261 g/mol. The van der Waals surface area contributed by atoms with E-state index in [1.165, 1.54) is 0 Å². The maximum absolute atomic E-state index is 11.2. The van der Waals surface area contributed by atoms with Crippen molar-refractivity contribution >= 4 is 17.7 Å². The van der Waals surface area contributed by atoms with E-state index in [1.807, 2.05) is 0 Å². The fourth-order valence-electron chi connectivity index (χ4n) is 1.72. The van der Waals surface area contributed by atoms with E-state index >= 15 is 0 Å². The number of thioether (sulfide) groups is 1. The van der Waals surface area contributed by atoms with Gasteiger partial charge in [0.15, 0.2) is 0 Å². The quantitative estimate of drug-likeness (QED) is 0.520. The molecule has 0 heterocycles. The highest BCUT2D eigenvalue weighted by Gasteiger charge is 2.37. The predicted octanol–water partition coefficient (Wildman–Crippen LogP) is 1.48. The molecule has 100 valence electrons. The van der Waals surface area contributed by atoms with Gasteiger partial charge in [-0.2, -0.15) is 11.8 Å². The topological polar surface area (TPSA) is 69.6 Å². The van der Waals surface area contributed by atoms with Gasteiger partial charge in [0.05, 0.1) is 0 Å². The molecule has 5 heteroatoms. The Hall–Kier alpha value is -0.260. The van der Waals surface area contributed by atoms with Crippen molar-refractivity contribution in [3.8, 4) is 0 Å². The molecule has 4 nitrogen and oxygen atoms in total. The van der Waals surface area contributed by atoms with Gasteiger partial charge < -0.3 is 10.2 Å². The van der Waals surface area contributed by atoms with E-state index in [-0.39, 0.29) is 6.61 Å². The lowest BCUT2D eigenvalue weighted by Gasteiger charge is -2.26. The minimum atomic E-state index is -0.765. The normalized spacial score (nSPS) is 18.9. The minimum Gasteiger partial charge on any atom is -0.480 e. The Morgan fingerprint density at radius 1 is 1.41 bits per heavy atom. The van der Waals surface area contributed by atoms with Crippen LogP contribution in [0.1, 0.15) is 39.0 Å². The van der Waals surface area contributed by atoms with E-state index in [1.54, 1.807) is 18.7 Å². The van der Waals surface area contributed by atoms with Gasteiger partial charge in [0.1, 0.15) is 5.54 Å². The van der Waals surface area contributed by atoms with Gasteiger partial charge in [0.25, 0.3) is 0 Å². The van der Waals surface area contributed by atoms with Crippen LogP contribution in [0, 0.1) is 0 Å². The van der Waals surface area contributed by atoms with Gasteiger partial charge in [-0.05, 0) is 50.5 Å². The fourth-order valence-corrected chi connectivity index (χ4v) is 2.60. The SMILES string of the molecule is CC(CCCSCCCO)(NC1CC1)C(=O)O. The second-order valence-corrected chi connectivity index (χ2v) is 6.07. The molecule has 0 amide bonds. The number of hydrogen-bond donors (Lipinski definition) is 3. The first-order valence-corrected chi connectivity index (χ1v) is 7.43. The first kappa shape index (κ1) is 14.8. The summed E-state index contributed by atoms with van der Waals surface area (Å²) in [6.07, 6.45) is 4.60. The molecular weight excluding hydrogens is 238 g/mol. The van der Waals surface area contributed by atoms with E-state index in [0.717, 1.165) is 37.2 Å². The number of nitrogens with one attached hydrogen (secondary N) is 1. The van der Waals surface area contributed by atoms with Gasteiger partial charge in [-0.3, -0.25) is 10.1 Å². The van der Waals surface area contributed by atoms with E-state index in [0.29, 0.717) is 12.5 Å². The van der Waals surface area contributed by atoms with Crippen molar-refractivity contribution in [3.05, 3.63) is 0 Å². The Labute approximate surface area is 107 Å². The highest BCUT2D eigenvalue weighted by molar-refractivity contribution is 7.99. The van der Waals surface area contributed by atoms with Gasteiger partial charge in [-0.1, -0.05) is 0 Å². The van der Waals surface area contributed by atoms with Crippen LogP contribution in [0.25, 0.3) is 0 Å². The summed E-state index contributed by atoms with van der Waals surface area (Å²) < 4.78 is 0. The maximum atomic E-state index is 11.2. The zero-order valence-corrected chi connectivity index (χ0v) is 11.3. The highest BCUT2D eigenvalue weighted by Crippen LogP contribution is 2.25. The molecule has 1 fully saturated rings. The van der Waals surface area contributed by atoms with Crippen LogP contribution in [-0.4, -0.2) is 45.9 Å². The molecule has 17 heavy (non-hydrogen) atoms. The van der Waals surface area contributed by atoms with Crippen molar-refractivity contribution in [1.29, 1.82) is 0 Å². The largest absolute Gasteiger partial charge is 0.480 e. The first-order chi connectivity index (χ1) is 8.08. The molecule has 3 N–H and O–H groups in total. The summed E-state index contributed by atoms with van der Waals surface area (Å²) in [5, 5.41) is 21.1. The molecule has 1 atom stereocenters. The van der Waals surface area contributed by atoms with Crippen molar-refractivity contribution in [3.63, 3.8) is 0 Å². The summed E-state index contributed by atoms with van der Waals surface area (Å²) >= 11 is 1.78. The van der Waals surface area contributed by atoms with Crippen LogP contribution in [0.4, 0.5) is 0 Å². The number of aliphatic hydroxyl groups excluding tert-OH is 1. The molecule has 1 unspecified atom stereocenters. The molecule has 1 rings (SSSR count). The lowest BCUT2D eigenvalue weighted by Crippen LogP contribution is -2.50. The molecule has 0 radical (unpaired) electrons. The number of aliphatic carboxylic acids is 1. The van der Waals surface area contributed by atoms with Gasteiger partial charge >= 0.3 is 5.97 Å². The number of carboxylic acid groups (broad SMARTS) is 1. The van der Waals surface area contributed by atoms with Crippen molar-refractivity contribution in [2.24, 2.45) is 0 Å². The van der Waals surface area contributed by atoms with Crippen LogP contribution in [0.15, 0.2) is 0 Å². The Morgan fingerprint density at radius 3 is 2.59 bits per heavy atom. The third-order valence-electron chi connectivity index (χ3n) is 2.98. The van der Waals surface area contributed by atoms with Crippen LogP contribution in [0.5, 0.6) is 0 Å². The summed E-state index contributed by atoms with van der Waals surface area (Å²) in [6.45, 7) is 2.02. The lowest BCUT2D eigenvalue weighted by molar-refractivity contribution is -0.144. The number of aliphatic hydroxyl groups is 1. The fraction of sp³-hybridized carbons (Fsp3) is 0.917. The summed E-state index contributed by atoms with van der Waals surface area (Å²) in [5.74, 6) is 1.18. The molecule has 0 aromatic rings. The van der Waals surface area contributed by atoms with Crippen LogP contribution in [0.2, 0.25) is 0 Å². The molecule has 0 saturated heterocycles. The average molecular weight is 261 g/mol. The lowest BCUT2D eigenvalue weighted by atomic mass is 9.96. The van der Waals surface area contributed by atoms with Crippen LogP contribution < -0.4 is 5.32 Å². The third kappa shape index (κ3) is 5.75. The standard InChI is InChI=1S/C12H23NO3S/c1-12(11(15)16,13-10-4-5-10)6-2-8-17-9-3-7-14/h10,13-14H,2-9H2,1H3,(H,15,16). The molecule has 0 aliphatic heterocycles. The average Bonchev–Trinajstić information content (AvgIpc) is 3.07. The van der Waals surface area contributed by atoms with E-state index < -0.39 is 11.5 Å². The number of carboxylic acids is 1. The third-order valence-corrected chi connectivity index (χ3v) is 4.14. The summed E-state index contributed by atoms with van der Waals surface area (Å²) in [7, 11) is 0. The molecular formula is C12H23NO3S. The summed E-state index contributed by atoms with van der Waals surface area (Å²) in [6, 6.07) is 0.415. The van der Waals surface area contributed by atoms with Crippen LogP contribution in [0.3, 0.4) is 0 Å². The van der Waals surface area contributed by atoms with E-state index in [4.69, 9.17) is 5.11 Å². The van der Waals surface area contributed by atoms with Gasteiger partial charge in [0, 0.05) is 12.6 Å². The van der Waals surface area contributed by atoms with Gasteiger partial charge in [-0.25, -0.2) is 0 Å². The summed E-state index contributed by atoms with van der Waals surface area (Å²) in [4.78, 5) is 11.2. The Kier molecular flexibility index (Phi) is 6.30. The van der Waals surface area contributed by atoms with Gasteiger partial charge in [0.2, 0.25) is 0 Å². The number of rotatable bonds is 10.